The summed E-state index contributed by atoms with van der Waals surface area (Å²) in [5.74, 6) is 0.224. The van der Waals surface area contributed by atoms with Crippen molar-refractivity contribution in [2.75, 3.05) is 13.2 Å². The molecule has 0 radical (unpaired) electrons. The number of benzene rings is 1. The number of carbonyl (C=O) groups excluding carboxylic acids is 2. The van der Waals surface area contributed by atoms with E-state index in [0.29, 0.717) is 17.9 Å². The zero-order valence-electron chi connectivity index (χ0n) is 9.59. The molecule has 0 aromatic heterocycles. The van der Waals surface area contributed by atoms with Gasteiger partial charge in [-0.05, 0) is 24.3 Å². The third kappa shape index (κ3) is 4.97. The van der Waals surface area contributed by atoms with E-state index in [4.69, 9.17) is 9.47 Å². The smallest absolute Gasteiger partial charge is 0.302 e. The zero-order valence-corrected chi connectivity index (χ0v) is 9.59. The van der Waals surface area contributed by atoms with Crippen molar-refractivity contribution in [3.05, 3.63) is 42.0 Å². The second-order valence-electron chi connectivity index (χ2n) is 3.24. The second kappa shape index (κ2) is 7.22. The van der Waals surface area contributed by atoms with Gasteiger partial charge in [-0.15, -0.1) is 0 Å². The highest BCUT2D eigenvalue weighted by Gasteiger charge is 1.99. The Labute approximate surface area is 99.8 Å². The lowest BCUT2D eigenvalue weighted by molar-refractivity contribution is -0.139. The molecular weight excluding hydrogens is 220 g/mol. The number of esters is 1. The molecule has 4 heteroatoms. The van der Waals surface area contributed by atoms with Crippen molar-refractivity contribution < 1.29 is 19.1 Å². The van der Waals surface area contributed by atoms with Crippen LogP contribution in [0.25, 0.3) is 0 Å². The van der Waals surface area contributed by atoms with Crippen LogP contribution in [0, 0.1) is 0 Å². The first kappa shape index (κ1) is 13.0. The lowest BCUT2D eigenvalue weighted by Crippen LogP contribution is -1.99. The summed E-state index contributed by atoms with van der Waals surface area (Å²) in [6.45, 7) is 1.91. The van der Waals surface area contributed by atoms with Gasteiger partial charge in [0.15, 0.2) is 6.29 Å². The SMILES string of the molecule is CC(=O)OCC=CCOc1ccccc1C=O. The number of carbonyl (C=O) groups is 2. The summed E-state index contributed by atoms with van der Waals surface area (Å²) >= 11 is 0. The maximum absolute atomic E-state index is 10.7. The maximum atomic E-state index is 10.7. The van der Waals surface area contributed by atoms with Crippen LogP contribution in [0.5, 0.6) is 5.75 Å². The molecule has 4 nitrogen and oxygen atoms in total. The second-order valence-corrected chi connectivity index (χ2v) is 3.24. The lowest BCUT2D eigenvalue weighted by Gasteiger charge is -2.04. The molecule has 17 heavy (non-hydrogen) atoms. The summed E-state index contributed by atoms with van der Waals surface area (Å²) < 4.78 is 10.1. The third-order valence-corrected chi connectivity index (χ3v) is 1.93. The van der Waals surface area contributed by atoms with E-state index in [1.807, 2.05) is 0 Å². The van der Waals surface area contributed by atoms with E-state index in [0.717, 1.165) is 6.29 Å². The minimum atomic E-state index is -0.318. The number of para-hydroxylation sites is 1. The van der Waals surface area contributed by atoms with E-state index in [1.54, 1.807) is 36.4 Å². The first-order valence-corrected chi connectivity index (χ1v) is 5.19. The van der Waals surface area contributed by atoms with Crippen molar-refractivity contribution in [1.82, 2.24) is 0 Å². The van der Waals surface area contributed by atoms with Crippen molar-refractivity contribution in [3.63, 3.8) is 0 Å². The molecular formula is C13H14O4. The Kier molecular flexibility index (Phi) is 5.51. The van der Waals surface area contributed by atoms with E-state index >= 15 is 0 Å². The number of hydrogen-bond acceptors (Lipinski definition) is 4. The maximum Gasteiger partial charge on any atom is 0.302 e. The molecule has 0 saturated carbocycles. The fourth-order valence-electron chi connectivity index (χ4n) is 1.15. The van der Waals surface area contributed by atoms with Crippen molar-refractivity contribution in [1.29, 1.82) is 0 Å². The van der Waals surface area contributed by atoms with E-state index in [1.165, 1.54) is 6.92 Å². The Hall–Kier alpha value is -2.10. The highest BCUT2D eigenvalue weighted by molar-refractivity contribution is 5.79. The highest BCUT2D eigenvalue weighted by Crippen LogP contribution is 2.15. The third-order valence-electron chi connectivity index (χ3n) is 1.93. The first-order chi connectivity index (χ1) is 8.24. The fraction of sp³-hybridized carbons (Fsp3) is 0.231. The molecule has 1 aromatic carbocycles. The predicted octanol–water partition coefficient (Wildman–Crippen LogP) is 2.00. The number of aldehydes is 1. The standard InChI is InChI=1S/C13H14O4/c1-11(15)16-8-4-5-9-17-13-7-3-2-6-12(13)10-14/h2-7,10H,8-9H2,1H3. The molecule has 0 amide bonds. The molecule has 1 aromatic rings. The van der Waals surface area contributed by atoms with Crippen molar-refractivity contribution >= 4 is 12.3 Å². The minimum absolute atomic E-state index is 0.230. The largest absolute Gasteiger partial charge is 0.489 e. The van der Waals surface area contributed by atoms with Gasteiger partial charge in [-0.2, -0.15) is 0 Å². The van der Waals surface area contributed by atoms with E-state index in [9.17, 15) is 9.59 Å². The van der Waals surface area contributed by atoms with E-state index in [2.05, 4.69) is 0 Å². The first-order valence-electron chi connectivity index (χ1n) is 5.19. The topological polar surface area (TPSA) is 52.6 Å². The van der Waals surface area contributed by atoms with Gasteiger partial charge in [-0.25, -0.2) is 0 Å². The summed E-state index contributed by atoms with van der Waals surface area (Å²) in [5, 5.41) is 0. The molecule has 90 valence electrons. The highest BCUT2D eigenvalue weighted by atomic mass is 16.5. The summed E-state index contributed by atoms with van der Waals surface area (Å²) in [7, 11) is 0. The van der Waals surface area contributed by atoms with E-state index in [-0.39, 0.29) is 12.6 Å². The minimum Gasteiger partial charge on any atom is -0.489 e. The quantitative estimate of drug-likeness (QED) is 0.429. The van der Waals surface area contributed by atoms with Crippen LogP contribution in [-0.2, 0) is 9.53 Å². The number of hydrogen-bond donors (Lipinski definition) is 0. The van der Waals surface area contributed by atoms with Crippen molar-refractivity contribution in [2.45, 2.75) is 6.92 Å². The van der Waals surface area contributed by atoms with Gasteiger partial charge in [0.1, 0.15) is 19.0 Å². The molecule has 0 aliphatic rings. The van der Waals surface area contributed by atoms with Gasteiger partial charge in [0, 0.05) is 6.92 Å². The van der Waals surface area contributed by atoms with Gasteiger partial charge >= 0.3 is 5.97 Å². The summed E-state index contributed by atoms with van der Waals surface area (Å²) in [6, 6.07) is 6.98. The van der Waals surface area contributed by atoms with Crippen LogP contribution < -0.4 is 4.74 Å². The Morgan fingerprint density at radius 3 is 2.65 bits per heavy atom. The molecule has 0 N–H and O–H groups in total. The van der Waals surface area contributed by atoms with Gasteiger partial charge < -0.3 is 9.47 Å². The average Bonchev–Trinajstić information content (AvgIpc) is 2.33. The summed E-state index contributed by atoms with van der Waals surface area (Å²) in [6.07, 6.45) is 4.16. The number of rotatable bonds is 6. The molecule has 0 atom stereocenters. The van der Waals surface area contributed by atoms with Crippen LogP contribution in [0.2, 0.25) is 0 Å². The summed E-state index contributed by atoms with van der Waals surface area (Å²) in [4.78, 5) is 21.1. The number of ether oxygens (including phenoxy) is 2. The molecule has 0 unspecified atom stereocenters. The average molecular weight is 234 g/mol. The molecule has 0 aliphatic heterocycles. The molecule has 0 bridgehead atoms. The van der Waals surface area contributed by atoms with Crippen LogP contribution in [0.3, 0.4) is 0 Å². The molecule has 1 rings (SSSR count). The Bertz CT molecular complexity index is 410. The molecule has 0 saturated heterocycles. The van der Waals surface area contributed by atoms with E-state index < -0.39 is 0 Å². The monoisotopic (exact) mass is 234 g/mol. The van der Waals surface area contributed by atoms with Gasteiger partial charge in [-0.1, -0.05) is 12.1 Å². The molecule has 0 heterocycles. The molecule has 0 spiro atoms. The van der Waals surface area contributed by atoms with Crippen LogP contribution in [0.15, 0.2) is 36.4 Å². The van der Waals surface area contributed by atoms with Crippen molar-refractivity contribution in [2.24, 2.45) is 0 Å². The van der Waals surface area contributed by atoms with Crippen LogP contribution >= 0.6 is 0 Å². The predicted molar refractivity (Wildman–Crippen MR) is 63.1 cm³/mol. The van der Waals surface area contributed by atoms with Gasteiger partial charge in [-0.3, -0.25) is 9.59 Å². The van der Waals surface area contributed by atoms with Gasteiger partial charge in [0.05, 0.1) is 5.56 Å². The Balaban J connectivity index is 2.35. The van der Waals surface area contributed by atoms with Crippen LogP contribution in [0.4, 0.5) is 0 Å². The van der Waals surface area contributed by atoms with Crippen molar-refractivity contribution in [3.8, 4) is 5.75 Å². The normalized spacial score (nSPS) is 10.2. The lowest BCUT2D eigenvalue weighted by atomic mass is 10.2. The van der Waals surface area contributed by atoms with Gasteiger partial charge in [0.25, 0.3) is 0 Å². The fourth-order valence-corrected chi connectivity index (χ4v) is 1.15. The molecule has 0 fully saturated rings. The zero-order chi connectivity index (χ0) is 12.5. The Morgan fingerprint density at radius 1 is 1.24 bits per heavy atom. The Morgan fingerprint density at radius 2 is 1.94 bits per heavy atom. The van der Waals surface area contributed by atoms with Crippen LogP contribution in [-0.4, -0.2) is 25.5 Å². The molecule has 0 aliphatic carbocycles. The summed E-state index contributed by atoms with van der Waals surface area (Å²) in [5.41, 5.74) is 0.515. The van der Waals surface area contributed by atoms with Crippen LogP contribution in [0.1, 0.15) is 17.3 Å². The van der Waals surface area contributed by atoms with Gasteiger partial charge in [0.2, 0.25) is 0 Å².